The lowest BCUT2D eigenvalue weighted by molar-refractivity contribution is 0.0468. The van der Waals surface area contributed by atoms with Crippen LogP contribution in [0.15, 0.2) is 29.4 Å². The number of carbonyl (C=O) groups excluding carboxylic acids is 1. The van der Waals surface area contributed by atoms with E-state index in [2.05, 4.69) is 15.3 Å². The zero-order valence-electron chi connectivity index (χ0n) is 14.3. The summed E-state index contributed by atoms with van der Waals surface area (Å²) in [6.07, 6.45) is 4.39. The summed E-state index contributed by atoms with van der Waals surface area (Å²) in [5.74, 6) is 0.497. The van der Waals surface area contributed by atoms with Gasteiger partial charge in [-0.15, -0.1) is 11.6 Å². The van der Waals surface area contributed by atoms with Gasteiger partial charge in [0.15, 0.2) is 0 Å². The minimum absolute atomic E-state index is 0.230. The van der Waals surface area contributed by atoms with Gasteiger partial charge in [-0.25, -0.2) is 0 Å². The van der Waals surface area contributed by atoms with Gasteiger partial charge < -0.3 is 14.8 Å². The lowest BCUT2D eigenvalue weighted by Crippen LogP contribution is -2.27. The standard InChI is InChI=1S/C17H25ClN4O3/c18-8-3-1-2-4-10-24-12-13-25-11-9-20-17(23)15-6-5-7-16(14-15)21-22-19/h5-7,14H,1-4,8-13H2,(H,20,23). The average Bonchev–Trinajstić information content (AvgIpc) is 2.63. The smallest absolute Gasteiger partial charge is 0.251 e. The number of rotatable bonds is 14. The lowest BCUT2D eigenvalue weighted by Gasteiger charge is -2.07. The normalized spacial score (nSPS) is 10.3. The highest BCUT2D eigenvalue weighted by Crippen LogP contribution is 2.13. The summed E-state index contributed by atoms with van der Waals surface area (Å²) in [7, 11) is 0. The summed E-state index contributed by atoms with van der Waals surface area (Å²) in [5, 5.41) is 6.22. The predicted octanol–water partition coefficient (Wildman–Crippen LogP) is 4.19. The molecule has 0 aliphatic rings. The van der Waals surface area contributed by atoms with E-state index in [0.29, 0.717) is 37.6 Å². The van der Waals surface area contributed by atoms with Crippen LogP contribution < -0.4 is 5.32 Å². The fraction of sp³-hybridized carbons (Fsp3) is 0.588. The number of ether oxygens (including phenoxy) is 2. The van der Waals surface area contributed by atoms with Gasteiger partial charge in [-0.1, -0.05) is 30.1 Å². The van der Waals surface area contributed by atoms with Crippen molar-refractivity contribution >= 4 is 23.2 Å². The van der Waals surface area contributed by atoms with E-state index in [1.807, 2.05) is 0 Å². The van der Waals surface area contributed by atoms with Gasteiger partial charge in [0.25, 0.3) is 5.91 Å². The largest absolute Gasteiger partial charge is 0.379 e. The van der Waals surface area contributed by atoms with Crippen LogP contribution in [0.4, 0.5) is 5.69 Å². The molecule has 0 heterocycles. The Labute approximate surface area is 153 Å². The Morgan fingerprint density at radius 3 is 2.64 bits per heavy atom. The summed E-state index contributed by atoms with van der Waals surface area (Å²) >= 11 is 5.61. The molecule has 1 aromatic carbocycles. The summed E-state index contributed by atoms with van der Waals surface area (Å²) < 4.78 is 10.9. The third-order valence-corrected chi connectivity index (χ3v) is 3.61. The Bertz CT molecular complexity index is 550. The number of nitrogens with one attached hydrogen (secondary N) is 1. The second kappa shape index (κ2) is 14.5. The van der Waals surface area contributed by atoms with Crippen LogP contribution in [0.5, 0.6) is 0 Å². The van der Waals surface area contributed by atoms with Crippen LogP contribution in [0.3, 0.4) is 0 Å². The monoisotopic (exact) mass is 368 g/mol. The fourth-order valence-corrected chi connectivity index (χ4v) is 2.26. The number of alkyl halides is 1. The zero-order valence-corrected chi connectivity index (χ0v) is 15.1. The van der Waals surface area contributed by atoms with Crippen molar-refractivity contribution in [2.75, 3.05) is 38.9 Å². The lowest BCUT2D eigenvalue weighted by atomic mass is 10.2. The Morgan fingerprint density at radius 2 is 1.88 bits per heavy atom. The Morgan fingerprint density at radius 1 is 1.12 bits per heavy atom. The number of halogens is 1. The molecule has 0 aromatic heterocycles. The van der Waals surface area contributed by atoms with E-state index in [-0.39, 0.29) is 5.91 Å². The average molecular weight is 369 g/mol. The van der Waals surface area contributed by atoms with Crippen molar-refractivity contribution in [3.8, 4) is 0 Å². The minimum atomic E-state index is -0.230. The quantitative estimate of drug-likeness (QED) is 0.175. The number of hydrogen-bond acceptors (Lipinski definition) is 4. The van der Waals surface area contributed by atoms with E-state index in [9.17, 15) is 4.79 Å². The minimum Gasteiger partial charge on any atom is -0.379 e. The summed E-state index contributed by atoms with van der Waals surface area (Å²) in [6, 6.07) is 6.50. The first-order valence-electron chi connectivity index (χ1n) is 8.42. The van der Waals surface area contributed by atoms with Crippen LogP contribution in [0.1, 0.15) is 36.0 Å². The molecule has 7 nitrogen and oxygen atoms in total. The molecule has 1 amide bonds. The molecular weight excluding hydrogens is 344 g/mol. The molecule has 8 heteroatoms. The molecule has 0 bridgehead atoms. The van der Waals surface area contributed by atoms with E-state index in [4.69, 9.17) is 26.6 Å². The number of azide groups is 1. The van der Waals surface area contributed by atoms with Gasteiger partial charge in [-0.05, 0) is 30.5 Å². The number of nitrogens with zero attached hydrogens (tertiary/aromatic N) is 3. The van der Waals surface area contributed by atoms with Crippen molar-refractivity contribution in [3.63, 3.8) is 0 Å². The maximum absolute atomic E-state index is 11.9. The maximum atomic E-state index is 11.9. The first-order valence-corrected chi connectivity index (χ1v) is 8.96. The van der Waals surface area contributed by atoms with E-state index < -0.39 is 0 Å². The third-order valence-electron chi connectivity index (χ3n) is 3.34. The number of carbonyl (C=O) groups is 1. The molecule has 1 N–H and O–H groups in total. The van der Waals surface area contributed by atoms with E-state index >= 15 is 0 Å². The highest BCUT2D eigenvalue weighted by atomic mass is 35.5. The van der Waals surface area contributed by atoms with E-state index in [0.717, 1.165) is 38.2 Å². The van der Waals surface area contributed by atoms with Gasteiger partial charge in [0.05, 0.1) is 19.8 Å². The van der Waals surface area contributed by atoms with Crippen molar-refractivity contribution < 1.29 is 14.3 Å². The molecule has 0 radical (unpaired) electrons. The van der Waals surface area contributed by atoms with Crippen molar-refractivity contribution in [1.29, 1.82) is 0 Å². The predicted molar refractivity (Wildman–Crippen MR) is 98.4 cm³/mol. The molecule has 0 aliphatic carbocycles. The first-order chi connectivity index (χ1) is 12.3. The second-order valence-electron chi connectivity index (χ2n) is 5.32. The third kappa shape index (κ3) is 10.6. The Kier molecular flexibility index (Phi) is 12.4. The van der Waals surface area contributed by atoms with Crippen LogP contribution in [0.2, 0.25) is 0 Å². The summed E-state index contributed by atoms with van der Waals surface area (Å²) in [5.41, 5.74) is 9.26. The van der Waals surface area contributed by atoms with E-state index in [1.54, 1.807) is 18.2 Å². The summed E-state index contributed by atoms with van der Waals surface area (Å²) in [6.45, 7) is 2.62. The molecule has 1 rings (SSSR count). The van der Waals surface area contributed by atoms with Crippen molar-refractivity contribution in [1.82, 2.24) is 5.32 Å². The maximum Gasteiger partial charge on any atom is 0.251 e. The van der Waals surface area contributed by atoms with Gasteiger partial charge >= 0.3 is 0 Å². The van der Waals surface area contributed by atoms with Crippen LogP contribution in [-0.4, -0.2) is 44.8 Å². The molecular formula is C17H25ClN4O3. The SMILES string of the molecule is [N-]=[N+]=Nc1cccc(C(=O)NCCOCCOCCCCCCCl)c1. The van der Waals surface area contributed by atoms with Crippen molar-refractivity contribution in [2.45, 2.75) is 25.7 Å². The first kappa shape index (κ1) is 21.3. The van der Waals surface area contributed by atoms with Crippen LogP contribution in [0.25, 0.3) is 10.4 Å². The second-order valence-corrected chi connectivity index (χ2v) is 5.70. The zero-order chi connectivity index (χ0) is 18.2. The molecule has 0 saturated heterocycles. The number of amides is 1. The number of benzene rings is 1. The van der Waals surface area contributed by atoms with Gasteiger partial charge in [0.1, 0.15) is 0 Å². The molecule has 0 atom stereocenters. The number of unbranched alkanes of at least 4 members (excludes halogenated alkanes) is 3. The van der Waals surface area contributed by atoms with Crippen LogP contribution >= 0.6 is 11.6 Å². The molecule has 1 aromatic rings. The molecule has 138 valence electrons. The van der Waals surface area contributed by atoms with Crippen LogP contribution in [-0.2, 0) is 9.47 Å². The topological polar surface area (TPSA) is 96.3 Å². The van der Waals surface area contributed by atoms with Gasteiger partial charge in [0.2, 0.25) is 0 Å². The van der Waals surface area contributed by atoms with Crippen molar-refractivity contribution in [2.24, 2.45) is 5.11 Å². The molecule has 0 fully saturated rings. The highest BCUT2D eigenvalue weighted by Gasteiger charge is 2.04. The molecule has 0 saturated carbocycles. The van der Waals surface area contributed by atoms with Gasteiger partial charge in [-0.3, -0.25) is 4.79 Å². The van der Waals surface area contributed by atoms with Crippen molar-refractivity contribution in [3.05, 3.63) is 40.3 Å². The summed E-state index contributed by atoms with van der Waals surface area (Å²) in [4.78, 5) is 14.6. The molecule has 0 spiro atoms. The van der Waals surface area contributed by atoms with Gasteiger partial charge in [-0.2, -0.15) is 0 Å². The molecule has 25 heavy (non-hydrogen) atoms. The molecule has 0 aliphatic heterocycles. The fourth-order valence-electron chi connectivity index (χ4n) is 2.07. The van der Waals surface area contributed by atoms with Gasteiger partial charge in [0, 0.05) is 35.2 Å². The number of hydrogen-bond donors (Lipinski definition) is 1. The Hall–Kier alpha value is -1.79. The van der Waals surface area contributed by atoms with Crippen LogP contribution in [0, 0.1) is 0 Å². The molecule has 0 unspecified atom stereocenters. The van der Waals surface area contributed by atoms with E-state index in [1.165, 1.54) is 6.07 Å². The highest BCUT2D eigenvalue weighted by molar-refractivity contribution is 6.17. The Balaban J connectivity index is 2.01.